The van der Waals surface area contributed by atoms with E-state index in [4.69, 9.17) is 0 Å². The molecule has 0 aromatic heterocycles. The van der Waals surface area contributed by atoms with Gasteiger partial charge in [-0.25, -0.2) is 9.98 Å². The molecule has 0 aliphatic rings. The molecular weight excluding hydrogens is 478 g/mol. The lowest BCUT2D eigenvalue weighted by molar-refractivity contribution is -0.293. The van der Waals surface area contributed by atoms with Gasteiger partial charge in [0.2, 0.25) is 11.4 Å². The average Bonchev–Trinajstić information content (AvgIpc) is 2.28. The van der Waals surface area contributed by atoms with Crippen LogP contribution in [0.4, 0.5) is 79.0 Å². The molecule has 0 amide bonds. The van der Waals surface area contributed by atoms with Crippen LogP contribution in [-0.4, -0.2) is 54.1 Å². The van der Waals surface area contributed by atoms with E-state index in [1.165, 1.54) is 0 Å². The van der Waals surface area contributed by atoms with E-state index >= 15 is 0 Å². The average molecular weight is 478 g/mol. The van der Waals surface area contributed by atoms with Gasteiger partial charge in [0.1, 0.15) is 0 Å². The molecule has 0 radical (unpaired) electrons. The van der Waals surface area contributed by atoms with E-state index in [9.17, 15) is 79.0 Å². The molecule has 0 rings (SSSR count). The predicted octanol–water partition coefficient (Wildman–Crippen LogP) is 5.94. The second-order valence-electron chi connectivity index (χ2n) is 4.58. The van der Waals surface area contributed by atoms with Gasteiger partial charge in [0, 0.05) is 0 Å². The molecule has 0 heterocycles. The van der Waals surface area contributed by atoms with Crippen molar-refractivity contribution in [2.24, 2.45) is 9.98 Å². The summed E-state index contributed by atoms with van der Waals surface area (Å²) in [5, 5.41) is 0. The van der Waals surface area contributed by atoms with Gasteiger partial charge in [-0.1, -0.05) is 0 Å². The van der Waals surface area contributed by atoms with Crippen LogP contribution in [0.1, 0.15) is 0 Å². The summed E-state index contributed by atoms with van der Waals surface area (Å²) >= 11 is 0. The molecule has 29 heavy (non-hydrogen) atoms. The largest absolute Gasteiger partial charge is 0.443 e. The maximum absolute atomic E-state index is 12.7. The van der Waals surface area contributed by atoms with Gasteiger partial charge in [0.25, 0.3) is 0 Å². The number of halogens is 18. The topological polar surface area (TPSA) is 24.7 Å². The Balaban J connectivity index is 7.71. The van der Waals surface area contributed by atoms with Crippen molar-refractivity contribution in [3.8, 4) is 0 Å². The first kappa shape index (κ1) is 27.1. The molecule has 0 aromatic rings. The van der Waals surface area contributed by atoms with Crippen LogP contribution in [0, 0.1) is 0 Å². The summed E-state index contributed by atoms with van der Waals surface area (Å²) in [6, 6.07) is 0. The molecule has 0 atom stereocenters. The summed E-state index contributed by atoms with van der Waals surface area (Å²) in [6.07, 6.45) is -44.4. The first-order valence-corrected chi connectivity index (χ1v) is 5.80. The fraction of sp³-hybridized carbons (Fsp3) is 0.778. The van der Waals surface area contributed by atoms with Crippen LogP contribution < -0.4 is 0 Å². The van der Waals surface area contributed by atoms with Crippen molar-refractivity contribution >= 4 is 11.4 Å². The molecule has 2 nitrogen and oxygen atoms in total. The van der Waals surface area contributed by atoms with Gasteiger partial charge in [-0.15, -0.1) is 0 Å². The lowest BCUT2D eigenvalue weighted by Crippen LogP contribution is -2.58. The van der Waals surface area contributed by atoms with Crippen LogP contribution in [0.2, 0.25) is 0 Å². The SMILES string of the molecule is FC(F)(F)C(=NC(N=C(C(F)(F)F)C(F)(F)F)(C(F)(F)F)C(F)(F)F)C(F)(F)F. The van der Waals surface area contributed by atoms with Crippen LogP contribution in [-0.2, 0) is 0 Å². The van der Waals surface area contributed by atoms with Crippen LogP contribution in [0.25, 0.3) is 0 Å². The second kappa shape index (κ2) is 7.10. The Bertz CT molecular complexity index is 554. The fourth-order valence-electron chi connectivity index (χ4n) is 1.34. The van der Waals surface area contributed by atoms with Gasteiger partial charge in [0.15, 0.2) is 0 Å². The third-order valence-corrected chi connectivity index (χ3v) is 2.41. The van der Waals surface area contributed by atoms with Crippen LogP contribution in [0.3, 0.4) is 0 Å². The minimum atomic E-state index is -7.77. The van der Waals surface area contributed by atoms with Crippen LogP contribution in [0.5, 0.6) is 0 Å². The van der Waals surface area contributed by atoms with Gasteiger partial charge in [-0.05, 0) is 0 Å². The first-order valence-electron chi connectivity index (χ1n) is 5.80. The van der Waals surface area contributed by atoms with E-state index in [2.05, 4.69) is 0 Å². The first-order chi connectivity index (χ1) is 12.2. The van der Waals surface area contributed by atoms with Crippen molar-refractivity contribution in [1.29, 1.82) is 0 Å². The third kappa shape index (κ3) is 6.03. The van der Waals surface area contributed by atoms with Gasteiger partial charge < -0.3 is 0 Å². The summed E-state index contributed by atoms with van der Waals surface area (Å²) < 4.78 is 223. The summed E-state index contributed by atoms with van der Waals surface area (Å²) in [6.45, 7) is 0. The van der Waals surface area contributed by atoms with E-state index in [-0.39, 0.29) is 9.98 Å². The summed E-state index contributed by atoms with van der Waals surface area (Å²) in [5.74, 6) is 0. The molecule has 0 N–H and O–H groups in total. The summed E-state index contributed by atoms with van der Waals surface area (Å²) in [4.78, 5) is 0.377. The molecule has 0 aromatic carbocycles. The van der Waals surface area contributed by atoms with Gasteiger partial charge in [0.05, 0.1) is 0 Å². The van der Waals surface area contributed by atoms with E-state index in [1.54, 1.807) is 0 Å². The van der Waals surface area contributed by atoms with E-state index in [0.717, 1.165) is 0 Å². The Hall–Kier alpha value is -1.92. The zero-order chi connectivity index (χ0) is 24.1. The smallest absolute Gasteiger partial charge is 0.229 e. The minimum Gasteiger partial charge on any atom is -0.229 e. The Morgan fingerprint density at radius 2 is 0.517 bits per heavy atom. The lowest BCUT2D eigenvalue weighted by Gasteiger charge is -2.32. The maximum Gasteiger partial charge on any atom is 0.443 e. The zero-order valence-corrected chi connectivity index (χ0v) is 12.2. The molecule has 0 fully saturated rings. The Kier molecular flexibility index (Phi) is 6.63. The van der Waals surface area contributed by atoms with Gasteiger partial charge >= 0.3 is 42.7 Å². The fourth-order valence-corrected chi connectivity index (χ4v) is 1.34. The Morgan fingerprint density at radius 3 is 0.621 bits per heavy atom. The monoisotopic (exact) mass is 478 g/mol. The highest BCUT2D eigenvalue weighted by Crippen LogP contribution is 2.50. The number of hydrogen-bond acceptors (Lipinski definition) is 2. The molecule has 0 saturated carbocycles. The van der Waals surface area contributed by atoms with E-state index in [1.807, 2.05) is 0 Å². The zero-order valence-electron chi connectivity index (χ0n) is 12.2. The molecule has 20 heteroatoms. The van der Waals surface area contributed by atoms with E-state index < -0.39 is 54.1 Å². The molecule has 0 unspecified atom stereocenters. The quantitative estimate of drug-likeness (QED) is 0.347. The number of rotatable bonds is 2. The Morgan fingerprint density at radius 1 is 0.345 bits per heavy atom. The van der Waals surface area contributed by atoms with E-state index in [0.29, 0.717) is 0 Å². The van der Waals surface area contributed by atoms with Crippen molar-refractivity contribution in [3.05, 3.63) is 0 Å². The molecule has 0 bridgehead atoms. The summed E-state index contributed by atoms with van der Waals surface area (Å²) in [5.41, 5.74) is -17.3. The normalized spacial score (nSPS) is 15.2. The number of nitrogens with zero attached hydrogens (tertiary/aromatic N) is 2. The van der Waals surface area contributed by atoms with Gasteiger partial charge in [-0.3, -0.25) is 0 Å². The van der Waals surface area contributed by atoms with Crippen molar-refractivity contribution < 1.29 is 79.0 Å². The lowest BCUT2D eigenvalue weighted by atomic mass is 10.1. The highest BCUT2D eigenvalue weighted by molar-refractivity contribution is 5.97. The maximum atomic E-state index is 12.7. The number of hydrogen-bond donors (Lipinski definition) is 0. The van der Waals surface area contributed by atoms with Crippen molar-refractivity contribution in [2.75, 3.05) is 0 Å². The standard InChI is InChI=1S/C9F18N2/c10-3(11,12)1(4(13,14)15)28-7(8(22,23)24,9(25,26)27)29-2(5(16,17)18)6(19,20)21. The number of aliphatic imine (C=N–C) groups is 2. The van der Waals surface area contributed by atoms with Crippen LogP contribution >= 0.6 is 0 Å². The predicted molar refractivity (Wildman–Crippen MR) is 53.9 cm³/mol. The molecule has 0 aliphatic carbocycles. The molecular formula is C9F18N2. The van der Waals surface area contributed by atoms with Crippen LogP contribution in [0.15, 0.2) is 9.98 Å². The number of alkyl halides is 18. The molecule has 0 saturated heterocycles. The van der Waals surface area contributed by atoms with Crippen molar-refractivity contribution in [2.45, 2.75) is 42.7 Å². The molecule has 172 valence electrons. The minimum absolute atomic E-state index is 0.189. The van der Waals surface area contributed by atoms with Crippen molar-refractivity contribution in [1.82, 2.24) is 0 Å². The highest BCUT2D eigenvalue weighted by Gasteiger charge is 2.75. The second-order valence-corrected chi connectivity index (χ2v) is 4.58. The molecule has 0 aliphatic heterocycles. The third-order valence-electron chi connectivity index (χ3n) is 2.41. The van der Waals surface area contributed by atoms with Gasteiger partial charge in [-0.2, -0.15) is 79.0 Å². The molecule has 0 spiro atoms. The summed E-state index contributed by atoms with van der Waals surface area (Å²) in [7, 11) is 0. The Labute approximate surface area is 144 Å². The highest BCUT2D eigenvalue weighted by atomic mass is 19.4. The van der Waals surface area contributed by atoms with Crippen molar-refractivity contribution in [3.63, 3.8) is 0 Å².